The van der Waals surface area contributed by atoms with Gasteiger partial charge < -0.3 is 20.3 Å². The van der Waals surface area contributed by atoms with Crippen LogP contribution in [0.1, 0.15) is 54.4 Å². The fourth-order valence-electron chi connectivity index (χ4n) is 4.21. The zero-order valence-corrected chi connectivity index (χ0v) is 19.4. The number of hydrogen-bond donors (Lipinski definition) is 2. The third-order valence-corrected chi connectivity index (χ3v) is 6.04. The number of nitrogens with zero attached hydrogens (tertiary/aromatic N) is 1. The van der Waals surface area contributed by atoms with Gasteiger partial charge in [-0.15, -0.1) is 0 Å². The molecule has 176 valence electrons. The average Bonchev–Trinajstić information content (AvgIpc) is 3.35. The van der Waals surface area contributed by atoms with Gasteiger partial charge in [-0.3, -0.25) is 14.4 Å². The highest BCUT2D eigenvalue weighted by Crippen LogP contribution is 2.27. The summed E-state index contributed by atoms with van der Waals surface area (Å²) in [6.07, 6.45) is 2.81. The summed E-state index contributed by atoms with van der Waals surface area (Å²) in [7, 11) is 1.58. The highest BCUT2D eigenvalue weighted by molar-refractivity contribution is 5.94. The second-order valence-corrected chi connectivity index (χ2v) is 8.19. The Hall–Kier alpha value is -3.35. The molecule has 2 atom stereocenters. The highest BCUT2D eigenvalue weighted by Gasteiger charge is 2.36. The number of benzene rings is 2. The lowest BCUT2D eigenvalue weighted by Crippen LogP contribution is -2.47. The quantitative estimate of drug-likeness (QED) is 0.544. The van der Waals surface area contributed by atoms with E-state index in [1.807, 2.05) is 37.3 Å². The van der Waals surface area contributed by atoms with Crippen molar-refractivity contribution < 1.29 is 19.1 Å². The van der Waals surface area contributed by atoms with Gasteiger partial charge >= 0.3 is 0 Å². The summed E-state index contributed by atoms with van der Waals surface area (Å²) >= 11 is 0. The van der Waals surface area contributed by atoms with Crippen molar-refractivity contribution >= 4 is 17.7 Å². The lowest BCUT2D eigenvalue weighted by atomic mass is 9.94. The van der Waals surface area contributed by atoms with E-state index < -0.39 is 6.04 Å². The molecule has 2 aromatic rings. The van der Waals surface area contributed by atoms with Gasteiger partial charge in [0.05, 0.1) is 13.0 Å². The fraction of sp³-hybridized carbons (Fsp3) is 0.423. The molecule has 1 fully saturated rings. The zero-order valence-electron chi connectivity index (χ0n) is 19.4. The van der Waals surface area contributed by atoms with Gasteiger partial charge in [-0.05, 0) is 55.5 Å². The lowest BCUT2D eigenvalue weighted by molar-refractivity contribution is -0.139. The molecular formula is C26H33N3O4. The normalized spacial score (nSPS) is 16.2. The number of hydrogen-bond acceptors (Lipinski definition) is 4. The van der Waals surface area contributed by atoms with Crippen molar-refractivity contribution in [2.24, 2.45) is 0 Å². The first-order valence-corrected chi connectivity index (χ1v) is 11.6. The van der Waals surface area contributed by atoms with Crippen LogP contribution in [0, 0.1) is 0 Å². The molecule has 7 heteroatoms. The number of carbonyl (C=O) groups is 3. The first kappa shape index (κ1) is 24.3. The largest absolute Gasteiger partial charge is 0.497 e. The Balaban J connectivity index is 1.44. The van der Waals surface area contributed by atoms with Gasteiger partial charge in [0.15, 0.2) is 0 Å². The highest BCUT2D eigenvalue weighted by atomic mass is 16.5. The van der Waals surface area contributed by atoms with Crippen LogP contribution in [0.15, 0.2) is 54.6 Å². The topological polar surface area (TPSA) is 87.7 Å². The Kier molecular flexibility index (Phi) is 8.87. The molecule has 33 heavy (non-hydrogen) atoms. The van der Waals surface area contributed by atoms with Gasteiger partial charge in [-0.2, -0.15) is 0 Å². The van der Waals surface area contributed by atoms with Gasteiger partial charge in [0.2, 0.25) is 11.8 Å². The number of likely N-dealkylation sites (tertiary alicyclic amines) is 1. The predicted octanol–water partition coefficient (Wildman–Crippen LogP) is 3.12. The molecule has 0 spiro atoms. The number of rotatable bonds is 10. The molecule has 3 rings (SSSR count). The van der Waals surface area contributed by atoms with E-state index >= 15 is 0 Å². The lowest BCUT2D eigenvalue weighted by Gasteiger charge is -2.28. The first-order valence-electron chi connectivity index (χ1n) is 11.6. The standard InChI is InChI=1S/C26H33N3O4/c1-3-22(19-9-5-4-6-10-19)26(32)29-18-7-11-23(29)25(31)28-17-8-16-27-24(30)20-12-14-21(33-2)15-13-20/h4-6,9-10,12-15,22-23H,3,7-8,11,16-18H2,1-2H3,(H,27,30)(H,28,31)/t22-,23-/m0/s1. The second kappa shape index (κ2) is 12.0. The summed E-state index contributed by atoms with van der Waals surface area (Å²) in [5.41, 5.74) is 1.55. The van der Waals surface area contributed by atoms with E-state index in [9.17, 15) is 14.4 Å². The average molecular weight is 452 g/mol. The van der Waals surface area contributed by atoms with Crippen LogP contribution < -0.4 is 15.4 Å². The maximum Gasteiger partial charge on any atom is 0.251 e. The minimum Gasteiger partial charge on any atom is -0.497 e. The van der Waals surface area contributed by atoms with E-state index in [2.05, 4.69) is 10.6 Å². The van der Waals surface area contributed by atoms with Crippen LogP contribution in [0.2, 0.25) is 0 Å². The number of methoxy groups -OCH3 is 1. The third-order valence-electron chi connectivity index (χ3n) is 6.04. The summed E-state index contributed by atoms with van der Waals surface area (Å²) in [6.45, 7) is 3.50. The van der Waals surface area contributed by atoms with Crippen LogP contribution in [0.4, 0.5) is 0 Å². The maximum atomic E-state index is 13.2. The molecule has 0 saturated carbocycles. The molecule has 1 saturated heterocycles. The van der Waals surface area contributed by atoms with Crippen molar-refractivity contribution in [1.29, 1.82) is 0 Å². The molecule has 0 aliphatic carbocycles. The maximum absolute atomic E-state index is 13.2. The van der Waals surface area contributed by atoms with E-state index in [0.717, 1.165) is 12.0 Å². The molecule has 7 nitrogen and oxygen atoms in total. The minimum atomic E-state index is -0.427. The van der Waals surface area contributed by atoms with E-state index in [1.54, 1.807) is 36.3 Å². The van der Waals surface area contributed by atoms with Crippen LogP contribution in [0.25, 0.3) is 0 Å². The molecule has 1 aliphatic rings. The molecular weight excluding hydrogens is 418 g/mol. The Bertz CT molecular complexity index is 930. The van der Waals surface area contributed by atoms with Crippen molar-refractivity contribution in [1.82, 2.24) is 15.5 Å². The van der Waals surface area contributed by atoms with E-state index in [1.165, 1.54) is 0 Å². The minimum absolute atomic E-state index is 0.0214. The molecule has 0 radical (unpaired) electrons. The van der Waals surface area contributed by atoms with Crippen molar-refractivity contribution in [3.05, 3.63) is 65.7 Å². The first-order chi connectivity index (χ1) is 16.0. The molecule has 1 aliphatic heterocycles. The Labute approximate surface area is 195 Å². The van der Waals surface area contributed by atoms with E-state index in [0.29, 0.717) is 50.2 Å². The summed E-state index contributed by atoms with van der Waals surface area (Å²) in [5, 5.41) is 5.79. The molecule has 2 aromatic carbocycles. The zero-order chi connectivity index (χ0) is 23.6. The molecule has 2 N–H and O–H groups in total. The summed E-state index contributed by atoms with van der Waals surface area (Å²) in [5.74, 6) is 0.205. The van der Waals surface area contributed by atoms with Crippen LogP contribution in [0.5, 0.6) is 5.75 Å². The van der Waals surface area contributed by atoms with Crippen LogP contribution in [0.3, 0.4) is 0 Å². The summed E-state index contributed by atoms with van der Waals surface area (Å²) < 4.78 is 5.09. The molecule has 1 heterocycles. The smallest absolute Gasteiger partial charge is 0.251 e. The third kappa shape index (κ3) is 6.34. The van der Waals surface area contributed by atoms with Crippen LogP contribution in [-0.2, 0) is 9.59 Å². The van der Waals surface area contributed by atoms with Gasteiger partial charge in [0.25, 0.3) is 5.91 Å². The summed E-state index contributed by atoms with van der Waals surface area (Å²) in [4.78, 5) is 39.9. The van der Waals surface area contributed by atoms with Crippen LogP contribution in [-0.4, -0.2) is 55.4 Å². The van der Waals surface area contributed by atoms with Gasteiger partial charge in [0.1, 0.15) is 11.8 Å². The molecule has 3 amide bonds. The Morgan fingerprint density at radius 2 is 1.73 bits per heavy atom. The number of carbonyl (C=O) groups excluding carboxylic acids is 3. The van der Waals surface area contributed by atoms with Crippen molar-refractivity contribution in [3.8, 4) is 5.75 Å². The second-order valence-electron chi connectivity index (χ2n) is 8.19. The van der Waals surface area contributed by atoms with Gasteiger partial charge in [-0.25, -0.2) is 0 Å². The Morgan fingerprint density at radius 3 is 2.39 bits per heavy atom. The van der Waals surface area contributed by atoms with Gasteiger partial charge in [-0.1, -0.05) is 37.3 Å². The predicted molar refractivity (Wildman–Crippen MR) is 127 cm³/mol. The van der Waals surface area contributed by atoms with E-state index in [-0.39, 0.29) is 23.6 Å². The molecule has 0 aromatic heterocycles. The molecule has 0 unspecified atom stereocenters. The van der Waals surface area contributed by atoms with Crippen molar-refractivity contribution in [2.75, 3.05) is 26.7 Å². The van der Waals surface area contributed by atoms with E-state index in [4.69, 9.17) is 4.74 Å². The van der Waals surface area contributed by atoms with Gasteiger partial charge in [0, 0.05) is 25.2 Å². The monoisotopic (exact) mass is 451 g/mol. The number of nitrogens with one attached hydrogen (secondary N) is 2. The Morgan fingerprint density at radius 1 is 1.03 bits per heavy atom. The SMILES string of the molecule is CC[C@H](C(=O)N1CCC[C@H]1C(=O)NCCCNC(=O)c1ccc(OC)cc1)c1ccccc1. The van der Waals surface area contributed by atoms with Crippen LogP contribution >= 0.6 is 0 Å². The summed E-state index contributed by atoms with van der Waals surface area (Å²) in [6, 6.07) is 16.2. The van der Waals surface area contributed by atoms with Crippen molar-refractivity contribution in [2.45, 2.75) is 44.6 Å². The number of ether oxygens (including phenoxy) is 1. The molecule has 0 bridgehead atoms. The van der Waals surface area contributed by atoms with Crippen molar-refractivity contribution in [3.63, 3.8) is 0 Å². The number of amides is 3. The fourth-order valence-corrected chi connectivity index (χ4v) is 4.21.